The summed E-state index contributed by atoms with van der Waals surface area (Å²) in [5.74, 6) is 0.723. The van der Waals surface area contributed by atoms with Crippen LogP contribution in [0.5, 0.6) is 5.75 Å². The number of piperidine rings is 1. The molecule has 0 spiro atoms. The molecule has 0 radical (unpaired) electrons. The molecule has 1 saturated heterocycles. The molecule has 1 N–H and O–H groups in total. The van der Waals surface area contributed by atoms with E-state index < -0.39 is 9.84 Å². The highest BCUT2D eigenvalue weighted by atomic mass is 32.2. The van der Waals surface area contributed by atoms with E-state index in [1.165, 1.54) is 0 Å². The van der Waals surface area contributed by atoms with Crippen molar-refractivity contribution in [1.82, 2.24) is 5.32 Å². The number of nitrogens with one attached hydrogen (secondary N) is 1. The molecule has 1 aliphatic rings. The number of ether oxygens (including phenoxy) is 1. The van der Waals surface area contributed by atoms with Crippen LogP contribution in [0, 0.1) is 6.92 Å². The van der Waals surface area contributed by atoms with Gasteiger partial charge in [-0.3, -0.25) is 0 Å². The fourth-order valence-corrected chi connectivity index (χ4v) is 4.40. The predicted molar refractivity (Wildman–Crippen MR) is 75.4 cm³/mol. The molecule has 1 atom stereocenters. The number of sulfone groups is 1. The first-order valence-corrected chi connectivity index (χ1v) is 8.28. The molecule has 0 bridgehead atoms. The van der Waals surface area contributed by atoms with Crippen molar-refractivity contribution in [3.05, 3.63) is 23.8 Å². The lowest BCUT2D eigenvalue weighted by Gasteiger charge is -2.23. The van der Waals surface area contributed by atoms with E-state index in [1.807, 2.05) is 13.8 Å². The van der Waals surface area contributed by atoms with Gasteiger partial charge in [0.1, 0.15) is 5.75 Å². The van der Waals surface area contributed by atoms with E-state index in [2.05, 4.69) is 5.32 Å². The molecule has 0 amide bonds. The highest BCUT2D eigenvalue weighted by Gasteiger charge is 2.30. The first-order valence-electron chi connectivity index (χ1n) is 6.73. The van der Waals surface area contributed by atoms with Crippen molar-refractivity contribution in [1.29, 1.82) is 0 Å². The van der Waals surface area contributed by atoms with Crippen LogP contribution in [0.2, 0.25) is 0 Å². The minimum absolute atomic E-state index is 0.308. The van der Waals surface area contributed by atoms with Crippen molar-refractivity contribution in [2.24, 2.45) is 0 Å². The Labute approximate surface area is 115 Å². The molecule has 0 aromatic heterocycles. The molecule has 1 aromatic carbocycles. The van der Waals surface area contributed by atoms with Crippen LogP contribution in [0.25, 0.3) is 0 Å². The molecule has 0 aliphatic carbocycles. The molecule has 2 rings (SSSR count). The van der Waals surface area contributed by atoms with Crippen LogP contribution in [0.15, 0.2) is 23.1 Å². The van der Waals surface area contributed by atoms with Gasteiger partial charge < -0.3 is 10.1 Å². The Bertz CT molecular complexity index is 534. The largest absolute Gasteiger partial charge is 0.494 e. The second kappa shape index (κ2) is 5.92. The smallest absolute Gasteiger partial charge is 0.182 e. The second-order valence-corrected chi connectivity index (χ2v) is 7.07. The van der Waals surface area contributed by atoms with Gasteiger partial charge in [0.15, 0.2) is 9.84 Å². The zero-order chi connectivity index (χ0) is 13.9. The molecular weight excluding hydrogens is 262 g/mol. The summed E-state index contributed by atoms with van der Waals surface area (Å²) in [6.45, 7) is 5.78. The maximum Gasteiger partial charge on any atom is 0.182 e. The van der Waals surface area contributed by atoms with Crippen LogP contribution >= 0.6 is 0 Å². The van der Waals surface area contributed by atoms with Crippen molar-refractivity contribution >= 4 is 9.84 Å². The summed E-state index contributed by atoms with van der Waals surface area (Å²) in [7, 11) is -3.24. The van der Waals surface area contributed by atoms with E-state index in [0.29, 0.717) is 18.0 Å². The zero-order valence-electron chi connectivity index (χ0n) is 11.5. The Balaban J connectivity index is 2.29. The zero-order valence-corrected chi connectivity index (χ0v) is 12.3. The highest BCUT2D eigenvalue weighted by Crippen LogP contribution is 2.26. The van der Waals surface area contributed by atoms with Gasteiger partial charge in [-0.2, -0.15) is 0 Å². The average molecular weight is 283 g/mol. The molecule has 1 unspecified atom stereocenters. The van der Waals surface area contributed by atoms with Crippen molar-refractivity contribution in [2.75, 3.05) is 19.7 Å². The number of hydrogen-bond donors (Lipinski definition) is 1. The van der Waals surface area contributed by atoms with Gasteiger partial charge in [0.25, 0.3) is 0 Å². The Hall–Kier alpha value is -1.07. The third-order valence-corrected chi connectivity index (χ3v) is 5.81. The van der Waals surface area contributed by atoms with Gasteiger partial charge >= 0.3 is 0 Å². The van der Waals surface area contributed by atoms with E-state index in [1.54, 1.807) is 18.2 Å². The Morgan fingerprint density at radius 2 is 2.21 bits per heavy atom. The normalized spacial score (nSPS) is 20.2. The van der Waals surface area contributed by atoms with Gasteiger partial charge in [-0.15, -0.1) is 0 Å². The summed E-state index contributed by atoms with van der Waals surface area (Å²) < 4.78 is 30.6. The fraction of sp³-hybridized carbons (Fsp3) is 0.571. The maximum atomic E-state index is 12.6. The van der Waals surface area contributed by atoms with Gasteiger partial charge in [-0.1, -0.05) is 0 Å². The first-order chi connectivity index (χ1) is 9.05. The van der Waals surface area contributed by atoms with Crippen molar-refractivity contribution in [3.63, 3.8) is 0 Å². The minimum atomic E-state index is -3.24. The van der Waals surface area contributed by atoms with Crippen LogP contribution in [-0.2, 0) is 9.84 Å². The molecule has 1 fully saturated rings. The van der Waals surface area contributed by atoms with Gasteiger partial charge in [-0.25, -0.2) is 8.42 Å². The summed E-state index contributed by atoms with van der Waals surface area (Å²) >= 11 is 0. The topological polar surface area (TPSA) is 55.4 Å². The van der Waals surface area contributed by atoms with Crippen molar-refractivity contribution < 1.29 is 13.2 Å². The number of rotatable bonds is 4. The second-order valence-electron chi connectivity index (χ2n) is 4.87. The van der Waals surface area contributed by atoms with Crippen molar-refractivity contribution in [2.45, 2.75) is 36.8 Å². The van der Waals surface area contributed by atoms with Crippen LogP contribution in [0.4, 0.5) is 0 Å². The Kier molecular flexibility index (Phi) is 4.47. The Morgan fingerprint density at radius 3 is 2.79 bits per heavy atom. The standard InChI is InChI=1S/C14H21NO3S/c1-3-18-12-6-7-14(11(2)9-12)19(16,17)13-5-4-8-15-10-13/h6-7,9,13,15H,3-5,8,10H2,1-2H3. The van der Waals surface area contributed by atoms with E-state index in [4.69, 9.17) is 4.74 Å². The summed E-state index contributed by atoms with van der Waals surface area (Å²) in [5.41, 5.74) is 0.761. The van der Waals surface area contributed by atoms with Crippen LogP contribution in [0.1, 0.15) is 25.3 Å². The van der Waals surface area contributed by atoms with Gasteiger partial charge in [-0.05, 0) is 57.0 Å². The lowest BCUT2D eigenvalue weighted by Crippen LogP contribution is -2.38. The van der Waals surface area contributed by atoms with Crippen LogP contribution in [-0.4, -0.2) is 33.4 Å². The third-order valence-electron chi connectivity index (χ3n) is 3.45. The van der Waals surface area contributed by atoms with Crippen LogP contribution in [0.3, 0.4) is 0 Å². The molecule has 1 aliphatic heterocycles. The fourth-order valence-electron chi connectivity index (χ4n) is 2.46. The summed E-state index contributed by atoms with van der Waals surface area (Å²) in [6.07, 6.45) is 1.65. The molecular formula is C14H21NO3S. The number of benzene rings is 1. The van der Waals surface area contributed by atoms with Gasteiger partial charge in [0, 0.05) is 6.54 Å². The molecule has 1 aromatic rings. The molecule has 0 saturated carbocycles. The predicted octanol–water partition coefficient (Wildman–Crippen LogP) is 1.92. The molecule has 4 nitrogen and oxygen atoms in total. The molecule has 1 heterocycles. The summed E-state index contributed by atoms with van der Waals surface area (Å²) in [5, 5.41) is 2.85. The molecule has 5 heteroatoms. The van der Waals surface area contributed by atoms with Gasteiger partial charge in [0.05, 0.1) is 16.8 Å². The summed E-state index contributed by atoms with van der Waals surface area (Å²) in [4.78, 5) is 0.435. The molecule has 106 valence electrons. The lowest BCUT2D eigenvalue weighted by molar-refractivity contribution is 0.339. The Morgan fingerprint density at radius 1 is 1.42 bits per heavy atom. The SMILES string of the molecule is CCOc1ccc(S(=O)(=O)C2CCCNC2)c(C)c1. The quantitative estimate of drug-likeness (QED) is 0.917. The first kappa shape index (κ1) is 14.3. The number of aryl methyl sites for hydroxylation is 1. The molecule has 19 heavy (non-hydrogen) atoms. The average Bonchev–Trinajstić information content (AvgIpc) is 2.40. The minimum Gasteiger partial charge on any atom is -0.494 e. The van der Waals surface area contributed by atoms with Gasteiger partial charge in [0.2, 0.25) is 0 Å². The monoisotopic (exact) mass is 283 g/mol. The van der Waals surface area contributed by atoms with Crippen LogP contribution < -0.4 is 10.1 Å². The number of hydrogen-bond acceptors (Lipinski definition) is 4. The van der Waals surface area contributed by atoms with Crippen molar-refractivity contribution in [3.8, 4) is 5.75 Å². The third kappa shape index (κ3) is 3.09. The lowest BCUT2D eigenvalue weighted by atomic mass is 10.2. The van der Waals surface area contributed by atoms with E-state index in [0.717, 1.165) is 30.7 Å². The van der Waals surface area contributed by atoms with E-state index in [-0.39, 0.29) is 5.25 Å². The maximum absolute atomic E-state index is 12.6. The van der Waals surface area contributed by atoms with E-state index >= 15 is 0 Å². The van der Waals surface area contributed by atoms with E-state index in [9.17, 15) is 8.42 Å². The summed E-state index contributed by atoms with van der Waals surface area (Å²) in [6, 6.07) is 5.20. The highest BCUT2D eigenvalue weighted by molar-refractivity contribution is 7.92.